The van der Waals surface area contributed by atoms with Crippen molar-refractivity contribution in [2.75, 3.05) is 19.6 Å². The Hall–Kier alpha value is -0.630. The number of sulfonamides is 1. The maximum atomic E-state index is 11.9. The molecule has 6 nitrogen and oxygen atoms in total. The fourth-order valence-corrected chi connectivity index (χ4v) is 3.02. The summed E-state index contributed by atoms with van der Waals surface area (Å²) < 4.78 is 28.0. The predicted molar refractivity (Wildman–Crippen MR) is 71.2 cm³/mol. The van der Waals surface area contributed by atoms with Crippen molar-refractivity contribution in [2.24, 2.45) is 13.0 Å². The molecule has 2 rings (SSSR count). The third kappa shape index (κ3) is 3.94. The number of aromatic nitrogens is 2. The number of piperidine rings is 1. The van der Waals surface area contributed by atoms with Crippen LogP contribution in [0.1, 0.15) is 12.8 Å². The molecular formula is C10H19ClN4O2S. The first-order valence-electron chi connectivity index (χ1n) is 5.76. The maximum Gasteiger partial charge on any atom is 0.259 e. The van der Waals surface area contributed by atoms with Crippen LogP contribution in [0.2, 0.25) is 0 Å². The van der Waals surface area contributed by atoms with Crippen LogP contribution in [0, 0.1) is 5.92 Å². The highest BCUT2D eigenvalue weighted by Gasteiger charge is 2.20. The summed E-state index contributed by atoms with van der Waals surface area (Å²) in [4.78, 5) is 3.85. The number of nitrogens with zero attached hydrogens (tertiary/aromatic N) is 2. The molecule has 0 bridgehead atoms. The second-order valence-electron chi connectivity index (χ2n) is 4.44. The molecular weight excluding hydrogens is 276 g/mol. The lowest BCUT2D eigenvalue weighted by atomic mass is 10.0. The molecule has 2 N–H and O–H groups in total. The fraction of sp³-hybridized carbons (Fsp3) is 0.700. The van der Waals surface area contributed by atoms with Gasteiger partial charge in [0.25, 0.3) is 10.0 Å². The molecule has 0 saturated carbocycles. The van der Waals surface area contributed by atoms with Crippen molar-refractivity contribution in [3.8, 4) is 0 Å². The summed E-state index contributed by atoms with van der Waals surface area (Å²) in [5.74, 6) is 0.377. The largest absolute Gasteiger partial charge is 0.339 e. The van der Waals surface area contributed by atoms with Gasteiger partial charge in [0.05, 0.1) is 6.33 Å². The topological polar surface area (TPSA) is 76.0 Å². The molecule has 1 fully saturated rings. The fourth-order valence-electron chi connectivity index (χ4n) is 1.93. The van der Waals surface area contributed by atoms with Gasteiger partial charge >= 0.3 is 0 Å². The first-order valence-corrected chi connectivity index (χ1v) is 7.24. The Kier molecular flexibility index (Phi) is 5.58. The van der Waals surface area contributed by atoms with Crippen LogP contribution in [-0.4, -0.2) is 37.6 Å². The molecule has 0 radical (unpaired) electrons. The lowest BCUT2D eigenvalue weighted by molar-refractivity contribution is 0.375. The Balaban J connectivity index is 0.00000162. The first-order chi connectivity index (χ1) is 8.08. The number of hydrogen-bond donors (Lipinski definition) is 2. The minimum absolute atomic E-state index is 0. The highest BCUT2D eigenvalue weighted by Crippen LogP contribution is 2.10. The van der Waals surface area contributed by atoms with E-state index in [1.807, 2.05) is 0 Å². The molecule has 1 aromatic heterocycles. The molecule has 104 valence electrons. The molecule has 1 aliphatic heterocycles. The van der Waals surface area contributed by atoms with E-state index in [2.05, 4.69) is 15.0 Å². The van der Waals surface area contributed by atoms with Crippen molar-refractivity contribution in [3.63, 3.8) is 0 Å². The average Bonchev–Trinajstić information content (AvgIpc) is 2.76. The van der Waals surface area contributed by atoms with E-state index < -0.39 is 10.0 Å². The predicted octanol–water partition coefficient (Wildman–Crippen LogP) is 0.120. The van der Waals surface area contributed by atoms with Gasteiger partial charge in [-0.1, -0.05) is 0 Å². The van der Waals surface area contributed by atoms with E-state index in [-0.39, 0.29) is 17.4 Å². The number of nitrogens with one attached hydrogen (secondary N) is 2. The van der Waals surface area contributed by atoms with E-state index in [4.69, 9.17) is 0 Å². The molecule has 1 saturated heterocycles. The highest BCUT2D eigenvalue weighted by molar-refractivity contribution is 7.89. The highest BCUT2D eigenvalue weighted by atomic mass is 35.5. The smallest absolute Gasteiger partial charge is 0.259 e. The van der Waals surface area contributed by atoms with Gasteiger partial charge in [-0.15, -0.1) is 12.4 Å². The summed E-state index contributed by atoms with van der Waals surface area (Å²) in [6.45, 7) is 2.39. The summed E-state index contributed by atoms with van der Waals surface area (Å²) in [6.07, 6.45) is 5.16. The minimum Gasteiger partial charge on any atom is -0.339 e. The van der Waals surface area contributed by atoms with Crippen molar-refractivity contribution in [1.82, 2.24) is 19.6 Å². The van der Waals surface area contributed by atoms with Gasteiger partial charge in [0.2, 0.25) is 0 Å². The molecule has 1 aliphatic rings. The number of hydrogen-bond acceptors (Lipinski definition) is 4. The van der Waals surface area contributed by atoms with Gasteiger partial charge in [-0.2, -0.15) is 0 Å². The molecule has 1 atom stereocenters. The molecule has 8 heteroatoms. The molecule has 1 aromatic rings. The van der Waals surface area contributed by atoms with Gasteiger partial charge in [0.15, 0.2) is 5.03 Å². The standard InChI is InChI=1S/C10H18N4O2S.ClH/c1-14-7-10(12-8-14)17(15,16)13-6-9-3-2-4-11-5-9;/h7-9,11,13H,2-6H2,1H3;1H. The maximum absolute atomic E-state index is 11.9. The number of aryl methyl sites for hydroxylation is 1. The van der Waals surface area contributed by atoms with Crippen LogP contribution in [0.15, 0.2) is 17.6 Å². The van der Waals surface area contributed by atoms with E-state index in [9.17, 15) is 8.42 Å². The van der Waals surface area contributed by atoms with Gasteiger partial charge in [-0.05, 0) is 31.8 Å². The molecule has 18 heavy (non-hydrogen) atoms. The third-order valence-corrected chi connectivity index (χ3v) is 4.23. The van der Waals surface area contributed by atoms with Crippen molar-refractivity contribution in [3.05, 3.63) is 12.5 Å². The van der Waals surface area contributed by atoms with Crippen LogP contribution in [0.3, 0.4) is 0 Å². The quantitative estimate of drug-likeness (QED) is 0.827. The van der Waals surface area contributed by atoms with E-state index in [0.717, 1.165) is 25.9 Å². The van der Waals surface area contributed by atoms with Crippen molar-refractivity contribution < 1.29 is 8.42 Å². The molecule has 0 aromatic carbocycles. The first kappa shape index (κ1) is 15.4. The minimum atomic E-state index is -3.45. The zero-order chi connectivity index (χ0) is 12.3. The average molecular weight is 295 g/mol. The Morgan fingerprint density at radius 2 is 2.39 bits per heavy atom. The number of imidazole rings is 1. The molecule has 2 heterocycles. The second-order valence-corrected chi connectivity index (χ2v) is 6.16. The van der Waals surface area contributed by atoms with Crippen LogP contribution in [-0.2, 0) is 17.1 Å². The van der Waals surface area contributed by atoms with Crippen LogP contribution in [0.4, 0.5) is 0 Å². The van der Waals surface area contributed by atoms with Crippen LogP contribution in [0.25, 0.3) is 0 Å². The molecule has 1 unspecified atom stereocenters. The summed E-state index contributed by atoms with van der Waals surface area (Å²) in [7, 11) is -1.70. The van der Waals surface area contributed by atoms with Crippen LogP contribution >= 0.6 is 12.4 Å². The SMILES string of the molecule is Cl.Cn1cnc(S(=O)(=O)NCC2CCCNC2)c1. The summed E-state index contributed by atoms with van der Waals surface area (Å²) in [5.41, 5.74) is 0. The van der Waals surface area contributed by atoms with Crippen molar-refractivity contribution in [2.45, 2.75) is 17.9 Å². The number of halogens is 1. The summed E-state index contributed by atoms with van der Waals surface area (Å²) in [5, 5.41) is 3.35. The summed E-state index contributed by atoms with van der Waals surface area (Å²) >= 11 is 0. The van der Waals surface area contributed by atoms with E-state index >= 15 is 0 Å². The Morgan fingerprint density at radius 1 is 1.61 bits per heavy atom. The van der Waals surface area contributed by atoms with Gasteiger partial charge in [0, 0.05) is 19.8 Å². The molecule has 0 aliphatic carbocycles. The lowest BCUT2D eigenvalue weighted by Gasteiger charge is -2.22. The van der Waals surface area contributed by atoms with E-state index in [1.54, 1.807) is 11.6 Å². The van der Waals surface area contributed by atoms with Crippen molar-refractivity contribution >= 4 is 22.4 Å². The lowest BCUT2D eigenvalue weighted by Crippen LogP contribution is -2.38. The Bertz CT molecular complexity index is 468. The number of rotatable bonds is 4. The van der Waals surface area contributed by atoms with Gasteiger partial charge in [0.1, 0.15) is 0 Å². The zero-order valence-electron chi connectivity index (χ0n) is 10.3. The second kappa shape index (κ2) is 6.51. The zero-order valence-corrected chi connectivity index (χ0v) is 11.9. The van der Waals surface area contributed by atoms with Crippen LogP contribution < -0.4 is 10.0 Å². The normalized spacial score (nSPS) is 20.4. The van der Waals surface area contributed by atoms with Gasteiger partial charge in [-0.3, -0.25) is 0 Å². The summed E-state index contributed by atoms with van der Waals surface area (Å²) in [6, 6.07) is 0. The monoisotopic (exact) mass is 294 g/mol. The van der Waals surface area contributed by atoms with Gasteiger partial charge in [-0.25, -0.2) is 18.1 Å². The van der Waals surface area contributed by atoms with Crippen LogP contribution in [0.5, 0.6) is 0 Å². The van der Waals surface area contributed by atoms with E-state index in [0.29, 0.717) is 12.5 Å². The molecule has 0 spiro atoms. The van der Waals surface area contributed by atoms with Gasteiger partial charge < -0.3 is 9.88 Å². The van der Waals surface area contributed by atoms with E-state index in [1.165, 1.54) is 12.5 Å². The van der Waals surface area contributed by atoms with Crippen molar-refractivity contribution in [1.29, 1.82) is 0 Å². The Labute approximate surface area is 114 Å². The Morgan fingerprint density at radius 3 is 2.94 bits per heavy atom. The third-order valence-electron chi connectivity index (χ3n) is 2.92. The molecule has 0 amide bonds.